The van der Waals surface area contributed by atoms with E-state index in [4.69, 9.17) is 10.5 Å². The summed E-state index contributed by atoms with van der Waals surface area (Å²) in [6.45, 7) is 6.52. The van der Waals surface area contributed by atoms with Crippen molar-refractivity contribution in [2.24, 2.45) is 0 Å². The van der Waals surface area contributed by atoms with E-state index < -0.39 is 5.82 Å². The molecule has 1 aliphatic rings. The SMILES string of the molecule is CCOc1cc(N(C)CCN2CCCC2)c(N)cc1F. The van der Waals surface area contributed by atoms with Crippen LogP contribution in [0.25, 0.3) is 0 Å². The smallest absolute Gasteiger partial charge is 0.167 e. The molecule has 1 saturated heterocycles. The van der Waals surface area contributed by atoms with E-state index in [2.05, 4.69) is 9.80 Å². The first kappa shape index (κ1) is 14.9. The highest BCUT2D eigenvalue weighted by Crippen LogP contribution is 2.30. The number of hydrogen-bond acceptors (Lipinski definition) is 4. The first-order valence-corrected chi connectivity index (χ1v) is 7.27. The zero-order chi connectivity index (χ0) is 14.5. The number of halogens is 1. The maximum absolute atomic E-state index is 13.7. The van der Waals surface area contributed by atoms with Gasteiger partial charge in [-0.15, -0.1) is 0 Å². The van der Waals surface area contributed by atoms with Crippen molar-refractivity contribution in [1.82, 2.24) is 4.90 Å². The van der Waals surface area contributed by atoms with E-state index in [-0.39, 0.29) is 5.75 Å². The number of nitrogens with zero attached hydrogens (tertiary/aromatic N) is 2. The van der Waals surface area contributed by atoms with Crippen molar-refractivity contribution in [2.75, 3.05) is 50.5 Å². The van der Waals surface area contributed by atoms with Crippen LogP contribution in [0.5, 0.6) is 5.75 Å². The second-order valence-electron chi connectivity index (χ2n) is 5.24. The number of benzene rings is 1. The van der Waals surface area contributed by atoms with Gasteiger partial charge in [0.1, 0.15) is 0 Å². The Balaban J connectivity index is 2.03. The van der Waals surface area contributed by atoms with Crippen molar-refractivity contribution in [3.63, 3.8) is 0 Å². The van der Waals surface area contributed by atoms with Crippen molar-refractivity contribution in [2.45, 2.75) is 19.8 Å². The zero-order valence-corrected chi connectivity index (χ0v) is 12.4. The first-order valence-electron chi connectivity index (χ1n) is 7.27. The van der Waals surface area contributed by atoms with E-state index in [0.717, 1.165) is 18.8 Å². The number of anilines is 2. The first-order chi connectivity index (χ1) is 9.61. The van der Waals surface area contributed by atoms with Crippen LogP contribution in [-0.2, 0) is 0 Å². The minimum Gasteiger partial charge on any atom is -0.491 e. The van der Waals surface area contributed by atoms with Gasteiger partial charge in [-0.05, 0) is 32.9 Å². The Morgan fingerprint density at radius 1 is 1.35 bits per heavy atom. The standard InChI is InChI=1S/C15H24FN3O/c1-3-20-15-11-14(13(17)10-12(15)16)18(2)8-9-19-6-4-5-7-19/h10-11H,3-9,17H2,1-2H3. The number of likely N-dealkylation sites (tertiary alicyclic amines) is 1. The molecule has 0 aromatic heterocycles. The summed E-state index contributed by atoms with van der Waals surface area (Å²) in [7, 11) is 1.98. The summed E-state index contributed by atoms with van der Waals surface area (Å²) < 4.78 is 19.0. The molecule has 0 spiro atoms. The van der Waals surface area contributed by atoms with Crippen LogP contribution in [0.3, 0.4) is 0 Å². The molecule has 0 atom stereocenters. The predicted octanol–water partition coefficient (Wildman–Crippen LogP) is 2.34. The van der Waals surface area contributed by atoms with Gasteiger partial charge in [0.05, 0.1) is 18.0 Å². The van der Waals surface area contributed by atoms with Gasteiger partial charge >= 0.3 is 0 Å². The third kappa shape index (κ3) is 3.54. The molecule has 1 heterocycles. The summed E-state index contributed by atoms with van der Waals surface area (Å²) in [5, 5.41) is 0. The number of likely N-dealkylation sites (N-methyl/N-ethyl adjacent to an activating group) is 1. The van der Waals surface area contributed by atoms with Crippen LogP contribution in [-0.4, -0.2) is 44.7 Å². The van der Waals surface area contributed by atoms with Gasteiger partial charge in [0, 0.05) is 32.3 Å². The molecule has 0 unspecified atom stereocenters. The fourth-order valence-corrected chi connectivity index (χ4v) is 2.57. The summed E-state index contributed by atoms with van der Waals surface area (Å²) in [4.78, 5) is 4.51. The maximum Gasteiger partial charge on any atom is 0.167 e. The Kier molecular flexibility index (Phi) is 5.06. The Morgan fingerprint density at radius 2 is 2.05 bits per heavy atom. The fourth-order valence-electron chi connectivity index (χ4n) is 2.57. The minimum atomic E-state index is -0.402. The average Bonchev–Trinajstić information content (AvgIpc) is 2.92. The monoisotopic (exact) mass is 281 g/mol. The summed E-state index contributed by atoms with van der Waals surface area (Å²) in [6, 6.07) is 3.03. The van der Waals surface area contributed by atoms with Gasteiger partial charge in [0.25, 0.3) is 0 Å². The van der Waals surface area contributed by atoms with E-state index in [1.54, 1.807) is 6.07 Å². The normalized spacial score (nSPS) is 15.6. The van der Waals surface area contributed by atoms with E-state index in [9.17, 15) is 4.39 Å². The molecule has 1 aliphatic heterocycles. The van der Waals surface area contributed by atoms with Gasteiger partial charge in [0.15, 0.2) is 11.6 Å². The van der Waals surface area contributed by atoms with E-state index in [1.165, 1.54) is 32.0 Å². The maximum atomic E-state index is 13.7. The molecular weight excluding hydrogens is 257 g/mol. The molecule has 2 N–H and O–H groups in total. The van der Waals surface area contributed by atoms with Gasteiger partial charge in [-0.25, -0.2) is 4.39 Å². The van der Waals surface area contributed by atoms with Gasteiger partial charge in [-0.1, -0.05) is 0 Å². The molecule has 0 bridgehead atoms. The minimum absolute atomic E-state index is 0.268. The molecule has 1 fully saturated rings. The highest BCUT2D eigenvalue weighted by atomic mass is 19.1. The Morgan fingerprint density at radius 3 is 2.70 bits per heavy atom. The van der Waals surface area contributed by atoms with Crippen molar-refractivity contribution >= 4 is 11.4 Å². The number of ether oxygens (including phenoxy) is 1. The largest absolute Gasteiger partial charge is 0.491 e. The molecule has 0 saturated carbocycles. The molecule has 0 radical (unpaired) electrons. The van der Waals surface area contributed by atoms with Crippen LogP contribution < -0.4 is 15.4 Å². The fraction of sp³-hybridized carbons (Fsp3) is 0.600. The van der Waals surface area contributed by atoms with Crippen LogP contribution in [0.4, 0.5) is 15.8 Å². The van der Waals surface area contributed by atoms with E-state index in [0.29, 0.717) is 12.3 Å². The lowest BCUT2D eigenvalue weighted by Gasteiger charge is -2.25. The van der Waals surface area contributed by atoms with E-state index >= 15 is 0 Å². The molecule has 112 valence electrons. The van der Waals surface area contributed by atoms with E-state index in [1.807, 2.05) is 14.0 Å². The molecule has 20 heavy (non-hydrogen) atoms. The summed E-state index contributed by atoms with van der Waals surface area (Å²) in [5.74, 6) is -0.134. The average molecular weight is 281 g/mol. The van der Waals surface area contributed by atoms with Crippen LogP contribution >= 0.6 is 0 Å². The van der Waals surface area contributed by atoms with Crippen molar-refractivity contribution < 1.29 is 9.13 Å². The predicted molar refractivity (Wildman–Crippen MR) is 80.9 cm³/mol. The summed E-state index contributed by atoms with van der Waals surface area (Å²) in [6.07, 6.45) is 2.58. The Hall–Kier alpha value is -1.49. The van der Waals surface area contributed by atoms with Gasteiger partial charge in [-0.3, -0.25) is 0 Å². The van der Waals surface area contributed by atoms with Gasteiger partial charge < -0.3 is 20.3 Å². The zero-order valence-electron chi connectivity index (χ0n) is 12.4. The second kappa shape index (κ2) is 6.79. The molecule has 1 aromatic carbocycles. The molecule has 5 heteroatoms. The molecular formula is C15H24FN3O. The molecule has 1 aromatic rings. The quantitative estimate of drug-likeness (QED) is 0.813. The third-order valence-corrected chi connectivity index (χ3v) is 3.74. The van der Waals surface area contributed by atoms with Crippen LogP contribution in [0.1, 0.15) is 19.8 Å². The molecule has 0 amide bonds. The third-order valence-electron chi connectivity index (χ3n) is 3.74. The van der Waals surface area contributed by atoms with Crippen molar-refractivity contribution in [1.29, 1.82) is 0 Å². The summed E-state index contributed by atoms with van der Waals surface area (Å²) in [5.41, 5.74) is 7.20. The van der Waals surface area contributed by atoms with Crippen molar-refractivity contribution in [3.8, 4) is 5.75 Å². The second-order valence-corrected chi connectivity index (χ2v) is 5.24. The Bertz CT molecular complexity index is 447. The van der Waals surface area contributed by atoms with Gasteiger partial charge in [0.2, 0.25) is 0 Å². The highest BCUT2D eigenvalue weighted by molar-refractivity contribution is 5.69. The molecule has 4 nitrogen and oxygen atoms in total. The van der Waals surface area contributed by atoms with Gasteiger partial charge in [-0.2, -0.15) is 0 Å². The lowest BCUT2D eigenvalue weighted by molar-refractivity contribution is 0.321. The number of nitrogens with two attached hydrogens (primary N) is 1. The van der Waals surface area contributed by atoms with Crippen LogP contribution in [0.2, 0.25) is 0 Å². The number of hydrogen-bond donors (Lipinski definition) is 1. The number of rotatable bonds is 6. The summed E-state index contributed by atoms with van der Waals surface area (Å²) >= 11 is 0. The number of nitrogen functional groups attached to an aromatic ring is 1. The highest BCUT2D eigenvalue weighted by Gasteiger charge is 2.15. The lowest BCUT2D eigenvalue weighted by atomic mass is 10.2. The van der Waals surface area contributed by atoms with Crippen LogP contribution in [0.15, 0.2) is 12.1 Å². The lowest BCUT2D eigenvalue weighted by Crippen LogP contribution is -2.31. The van der Waals surface area contributed by atoms with Crippen LogP contribution in [0, 0.1) is 5.82 Å². The van der Waals surface area contributed by atoms with Crippen molar-refractivity contribution in [3.05, 3.63) is 17.9 Å². The topological polar surface area (TPSA) is 41.7 Å². The molecule has 2 rings (SSSR count). The molecule has 0 aliphatic carbocycles. The Labute approximate surface area is 120 Å².